The second-order valence-electron chi connectivity index (χ2n) is 3.93. The van der Waals surface area contributed by atoms with Crippen molar-refractivity contribution >= 4 is 17.7 Å². The number of aliphatic carboxylic acids is 1. The summed E-state index contributed by atoms with van der Waals surface area (Å²) in [5, 5.41) is 27.4. The first-order chi connectivity index (χ1) is 7.93. The highest BCUT2D eigenvalue weighted by molar-refractivity contribution is 7.99. The van der Waals surface area contributed by atoms with Gasteiger partial charge in [-0.15, -0.1) is 0 Å². The molecule has 1 aliphatic rings. The van der Waals surface area contributed by atoms with Crippen molar-refractivity contribution in [3.05, 3.63) is 0 Å². The normalized spacial score (nSPS) is 34.8. The van der Waals surface area contributed by atoms with Crippen LogP contribution < -0.4 is 11.5 Å². The Kier molecular flexibility index (Phi) is 5.63. The number of carboxylic acids is 1. The van der Waals surface area contributed by atoms with Crippen molar-refractivity contribution in [3.8, 4) is 0 Å². The first-order valence-corrected chi connectivity index (χ1v) is 6.42. The maximum atomic E-state index is 10.4. The number of hydrogen-bond acceptors (Lipinski definition) is 7. The van der Waals surface area contributed by atoms with Crippen molar-refractivity contribution in [2.24, 2.45) is 11.5 Å². The second kappa shape index (κ2) is 6.53. The Balaban J connectivity index is 2.17. The lowest BCUT2D eigenvalue weighted by Crippen LogP contribution is -2.36. The zero-order chi connectivity index (χ0) is 13.0. The highest BCUT2D eigenvalue weighted by Gasteiger charge is 2.40. The van der Waals surface area contributed by atoms with Crippen LogP contribution in [0.1, 0.15) is 6.42 Å². The van der Waals surface area contributed by atoms with Crippen LogP contribution in [0.15, 0.2) is 0 Å². The Bertz CT molecular complexity index is 268. The molecule has 5 atom stereocenters. The SMILES string of the molecule is NC(CCSCC1OC(N)C(O)C1O)C(=O)O. The molecule has 1 aliphatic heterocycles. The van der Waals surface area contributed by atoms with Gasteiger partial charge in [0.05, 0.1) is 6.10 Å². The molecule has 7 N–H and O–H groups in total. The fourth-order valence-electron chi connectivity index (χ4n) is 1.45. The van der Waals surface area contributed by atoms with Gasteiger partial charge in [-0.1, -0.05) is 0 Å². The summed E-state index contributed by atoms with van der Waals surface area (Å²) in [6.07, 6.45) is -3.10. The molecule has 1 heterocycles. The molecule has 0 aromatic carbocycles. The number of ether oxygens (including phenoxy) is 1. The molecule has 0 bridgehead atoms. The number of thioether (sulfide) groups is 1. The van der Waals surface area contributed by atoms with Crippen molar-refractivity contribution < 1.29 is 24.9 Å². The summed E-state index contributed by atoms with van der Waals surface area (Å²) >= 11 is 1.41. The lowest BCUT2D eigenvalue weighted by atomic mass is 10.1. The summed E-state index contributed by atoms with van der Waals surface area (Å²) in [6.45, 7) is 0. The maximum Gasteiger partial charge on any atom is 0.320 e. The molecule has 0 spiro atoms. The molecule has 17 heavy (non-hydrogen) atoms. The lowest BCUT2D eigenvalue weighted by molar-refractivity contribution is -0.138. The molecular weight excluding hydrogens is 248 g/mol. The molecule has 100 valence electrons. The third kappa shape index (κ3) is 4.09. The van der Waals surface area contributed by atoms with Crippen LogP contribution >= 0.6 is 11.8 Å². The number of aliphatic hydroxyl groups excluding tert-OH is 2. The number of carboxylic acid groups (broad SMARTS) is 1. The van der Waals surface area contributed by atoms with E-state index in [9.17, 15) is 15.0 Å². The molecule has 7 nitrogen and oxygen atoms in total. The van der Waals surface area contributed by atoms with Gasteiger partial charge >= 0.3 is 5.97 Å². The van der Waals surface area contributed by atoms with Gasteiger partial charge in [0.2, 0.25) is 0 Å². The van der Waals surface area contributed by atoms with E-state index in [1.807, 2.05) is 0 Å². The van der Waals surface area contributed by atoms with Gasteiger partial charge in [0.1, 0.15) is 24.5 Å². The Hall–Kier alpha value is -0.380. The largest absolute Gasteiger partial charge is 0.480 e. The minimum atomic E-state index is -1.07. The van der Waals surface area contributed by atoms with Crippen molar-refractivity contribution in [1.29, 1.82) is 0 Å². The predicted molar refractivity (Wildman–Crippen MR) is 62.4 cm³/mol. The summed E-state index contributed by atoms with van der Waals surface area (Å²) < 4.78 is 5.15. The number of aliphatic hydroxyl groups is 2. The topological polar surface area (TPSA) is 139 Å². The van der Waals surface area contributed by atoms with Gasteiger partial charge < -0.3 is 31.5 Å². The Labute approximate surface area is 103 Å². The number of carbonyl (C=O) groups is 1. The van der Waals surface area contributed by atoms with E-state index in [2.05, 4.69) is 0 Å². The second-order valence-corrected chi connectivity index (χ2v) is 5.08. The fraction of sp³-hybridized carbons (Fsp3) is 0.889. The Morgan fingerprint density at radius 1 is 1.41 bits per heavy atom. The van der Waals surface area contributed by atoms with E-state index in [1.54, 1.807) is 0 Å². The van der Waals surface area contributed by atoms with Crippen LogP contribution in [0.5, 0.6) is 0 Å². The molecular formula is C9H18N2O5S. The average molecular weight is 266 g/mol. The molecule has 0 aliphatic carbocycles. The minimum absolute atomic E-state index is 0.345. The summed E-state index contributed by atoms with van der Waals surface area (Å²) in [5.74, 6) is -0.0379. The van der Waals surface area contributed by atoms with Gasteiger partial charge in [-0.3, -0.25) is 4.79 Å². The number of nitrogens with two attached hydrogens (primary N) is 2. The highest BCUT2D eigenvalue weighted by Crippen LogP contribution is 2.21. The zero-order valence-electron chi connectivity index (χ0n) is 9.23. The van der Waals surface area contributed by atoms with Gasteiger partial charge in [0, 0.05) is 5.75 Å². The van der Waals surface area contributed by atoms with Crippen LogP contribution in [0.2, 0.25) is 0 Å². The summed E-state index contributed by atoms with van der Waals surface area (Å²) in [5.41, 5.74) is 10.7. The monoisotopic (exact) mass is 266 g/mol. The third-order valence-electron chi connectivity index (χ3n) is 2.57. The quantitative estimate of drug-likeness (QED) is 0.345. The van der Waals surface area contributed by atoms with Crippen molar-refractivity contribution in [3.63, 3.8) is 0 Å². The molecule has 0 aromatic rings. The van der Waals surface area contributed by atoms with Crippen molar-refractivity contribution in [2.45, 2.75) is 37.0 Å². The molecule has 0 saturated carbocycles. The standard InChI is InChI=1S/C9H18N2O5S/c10-4(9(14)15)1-2-17-3-5-6(12)7(13)8(11)16-5/h4-8,12-13H,1-3,10-11H2,(H,14,15). The molecule has 5 unspecified atom stereocenters. The average Bonchev–Trinajstić information content (AvgIpc) is 2.52. The smallest absolute Gasteiger partial charge is 0.320 e. The van der Waals surface area contributed by atoms with Crippen molar-refractivity contribution in [1.82, 2.24) is 0 Å². The van der Waals surface area contributed by atoms with E-state index in [4.69, 9.17) is 21.3 Å². The molecule has 0 radical (unpaired) electrons. The van der Waals surface area contributed by atoms with Crippen LogP contribution in [-0.2, 0) is 9.53 Å². The molecule has 1 saturated heterocycles. The van der Waals surface area contributed by atoms with E-state index in [-0.39, 0.29) is 0 Å². The lowest BCUT2D eigenvalue weighted by Gasteiger charge is -2.14. The number of rotatable bonds is 6. The van der Waals surface area contributed by atoms with Crippen LogP contribution in [0.3, 0.4) is 0 Å². The summed E-state index contributed by atoms with van der Waals surface area (Å²) in [7, 11) is 0. The van der Waals surface area contributed by atoms with Gasteiger partial charge in [-0.05, 0) is 12.2 Å². The van der Waals surface area contributed by atoms with Crippen LogP contribution in [0.25, 0.3) is 0 Å². The zero-order valence-corrected chi connectivity index (χ0v) is 10.0. The molecule has 1 rings (SSSR count). The van der Waals surface area contributed by atoms with E-state index >= 15 is 0 Å². The van der Waals surface area contributed by atoms with Gasteiger partial charge in [0.15, 0.2) is 0 Å². The first-order valence-electron chi connectivity index (χ1n) is 5.26. The summed E-state index contributed by atoms with van der Waals surface area (Å²) in [6, 6.07) is -0.871. The van der Waals surface area contributed by atoms with Crippen LogP contribution in [0, 0.1) is 0 Å². The Morgan fingerprint density at radius 3 is 2.53 bits per heavy atom. The third-order valence-corrected chi connectivity index (χ3v) is 3.66. The Morgan fingerprint density at radius 2 is 2.06 bits per heavy atom. The molecule has 0 amide bonds. The fourth-order valence-corrected chi connectivity index (χ4v) is 2.54. The first kappa shape index (κ1) is 14.7. The van der Waals surface area contributed by atoms with Gasteiger partial charge in [-0.2, -0.15) is 11.8 Å². The van der Waals surface area contributed by atoms with Gasteiger partial charge in [-0.25, -0.2) is 0 Å². The van der Waals surface area contributed by atoms with Crippen LogP contribution in [-0.4, -0.2) is 63.4 Å². The molecule has 8 heteroatoms. The van der Waals surface area contributed by atoms with E-state index in [0.717, 1.165) is 0 Å². The van der Waals surface area contributed by atoms with E-state index in [0.29, 0.717) is 17.9 Å². The predicted octanol–water partition coefficient (Wildman–Crippen LogP) is -2.07. The minimum Gasteiger partial charge on any atom is -0.480 e. The molecule has 0 aromatic heterocycles. The highest BCUT2D eigenvalue weighted by atomic mass is 32.2. The van der Waals surface area contributed by atoms with Crippen molar-refractivity contribution in [2.75, 3.05) is 11.5 Å². The number of hydrogen-bond donors (Lipinski definition) is 5. The van der Waals surface area contributed by atoms with Gasteiger partial charge in [0.25, 0.3) is 0 Å². The van der Waals surface area contributed by atoms with E-state index in [1.165, 1.54) is 11.8 Å². The summed E-state index contributed by atoms with van der Waals surface area (Å²) in [4.78, 5) is 10.4. The van der Waals surface area contributed by atoms with E-state index < -0.39 is 36.6 Å². The maximum absolute atomic E-state index is 10.4. The molecule has 1 fully saturated rings. The van der Waals surface area contributed by atoms with Crippen LogP contribution in [0.4, 0.5) is 0 Å².